The second-order valence-corrected chi connectivity index (χ2v) is 4.30. The molecule has 102 valence electrons. The number of nitrogens with one attached hydrogen (secondary N) is 1. The molecule has 2 rings (SSSR count). The molecule has 0 saturated heterocycles. The van der Waals surface area contributed by atoms with Crippen molar-refractivity contribution in [3.63, 3.8) is 0 Å². The van der Waals surface area contributed by atoms with Crippen molar-refractivity contribution >= 4 is 35.0 Å². The Morgan fingerprint density at radius 2 is 2.00 bits per heavy atom. The third-order valence-corrected chi connectivity index (χ3v) is 2.86. The predicted octanol–water partition coefficient (Wildman–Crippen LogP) is 2.28. The number of halogens is 1. The minimum atomic E-state index is -1.14. The number of nitrogens with zero attached hydrogens (tertiary/aromatic N) is 1. The molecule has 0 spiro atoms. The van der Waals surface area contributed by atoms with Crippen LogP contribution in [0.15, 0.2) is 36.5 Å². The van der Waals surface area contributed by atoms with E-state index in [1.165, 1.54) is 24.4 Å². The van der Waals surface area contributed by atoms with Crippen molar-refractivity contribution in [1.29, 1.82) is 0 Å². The standard InChI is InChI=1S/C13H10ClN3O3/c14-10-4-3-7(6-9(10)13(19)20)17-12-8(11(15)18)2-1-5-16-12/h1-6H,(H2,15,18)(H,16,17)(H,19,20). The number of benzene rings is 1. The first-order valence-electron chi connectivity index (χ1n) is 5.53. The summed E-state index contributed by atoms with van der Waals surface area (Å²) in [5, 5.41) is 12.0. The highest BCUT2D eigenvalue weighted by molar-refractivity contribution is 6.33. The molecule has 1 aromatic heterocycles. The van der Waals surface area contributed by atoms with Gasteiger partial charge in [-0.15, -0.1) is 0 Å². The van der Waals surface area contributed by atoms with Crippen LogP contribution in [0.25, 0.3) is 0 Å². The number of nitrogens with two attached hydrogens (primary N) is 1. The maximum Gasteiger partial charge on any atom is 0.337 e. The van der Waals surface area contributed by atoms with Gasteiger partial charge in [-0.05, 0) is 30.3 Å². The number of primary amides is 1. The number of rotatable bonds is 4. The highest BCUT2D eigenvalue weighted by Crippen LogP contribution is 2.24. The summed E-state index contributed by atoms with van der Waals surface area (Å²) in [5.74, 6) is -1.53. The number of carbonyl (C=O) groups excluding carboxylic acids is 1. The normalized spacial score (nSPS) is 10.1. The Balaban J connectivity index is 2.38. The second-order valence-electron chi connectivity index (χ2n) is 3.89. The Kier molecular flexibility index (Phi) is 3.86. The first kappa shape index (κ1) is 13.8. The average molecular weight is 292 g/mol. The van der Waals surface area contributed by atoms with E-state index in [1.807, 2.05) is 0 Å². The highest BCUT2D eigenvalue weighted by atomic mass is 35.5. The molecule has 1 heterocycles. The van der Waals surface area contributed by atoms with E-state index in [-0.39, 0.29) is 22.0 Å². The minimum Gasteiger partial charge on any atom is -0.478 e. The van der Waals surface area contributed by atoms with Crippen LogP contribution in [0.2, 0.25) is 5.02 Å². The van der Waals surface area contributed by atoms with Crippen LogP contribution in [0.4, 0.5) is 11.5 Å². The van der Waals surface area contributed by atoms with Gasteiger partial charge >= 0.3 is 5.97 Å². The fraction of sp³-hybridized carbons (Fsp3) is 0. The summed E-state index contributed by atoms with van der Waals surface area (Å²) < 4.78 is 0. The molecule has 4 N–H and O–H groups in total. The van der Waals surface area contributed by atoms with Crippen LogP contribution in [-0.4, -0.2) is 22.0 Å². The van der Waals surface area contributed by atoms with Gasteiger partial charge in [0.25, 0.3) is 5.91 Å². The van der Waals surface area contributed by atoms with Crippen molar-refractivity contribution in [2.45, 2.75) is 0 Å². The largest absolute Gasteiger partial charge is 0.478 e. The zero-order valence-corrected chi connectivity index (χ0v) is 10.9. The van der Waals surface area contributed by atoms with Crippen LogP contribution in [0.3, 0.4) is 0 Å². The molecule has 0 unspecified atom stereocenters. The van der Waals surface area contributed by atoms with Crippen LogP contribution in [0.5, 0.6) is 0 Å². The quantitative estimate of drug-likeness (QED) is 0.801. The van der Waals surface area contributed by atoms with Crippen LogP contribution in [0, 0.1) is 0 Å². The summed E-state index contributed by atoms with van der Waals surface area (Å²) >= 11 is 5.78. The van der Waals surface area contributed by atoms with Gasteiger partial charge in [0.05, 0.1) is 16.1 Å². The maximum absolute atomic E-state index is 11.3. The van der Waals surface area contributed by atoms with Crippen molar-refractivity contribution < 1.29 is 14.7 Å². The fourth-order valence-electron chi connectivity index (χ4n) is 1.61. The zero-order chi connectivity index (χ0) is 14.7. The van der Waals surface area contributed by atoms with E-state index in [0.29, 0.717) is 5.69 Å². The predicted molar refractivity (Wildman–Crippen MR) is 74.4 cm³/mol. The molecule has 2 aromatic rings. The molecule has 0 atom stereocenters. The fourth-order valence-corrected chi connectivity index (χ4v) is 1.81. The molecule has 0 saturated carbocycles. The number of hydrogen-bond donors (Lipinski definition) is 3. The molecule has 1 aromatic carbocycles. The molecule has 0 radical (unpaired) electrons. The van der Waals surface area contributed by atoms with Crippen LogP contribution >= 0.6 is 11.6 Å². The third kappa shape index (κ3) is 2.86. The second kappa shape index (κ2) is 5.58. The van der Waals surface area contributed by atoms with Gasteiger partial charge in [0.15, 0.2) is 0 Å². The summed E-state index contributed by atoms with van der Waals surface area (Å²) in [6.07, 6.45) is 1.49. The smallest absolute Gasteiger partial charge is 0.337 e. The lowest BCUT2D eigenvalue weighted by Gasteiger charge is -2.09. The lowest BCUT2D eigenvalue weighted by atomic mass is 10.2. The van der Waals surface area contributed by atoms with E-state index in [0.717, 1.165) is 0 Å². The Morgan fingerprint density at radius 3 is 2.65 bits per heavy atom. The first-order valence-corrected chi connectivity index (χ1v) is 5.91. The topological polar surface area (TPSA) is 105 Å². The zero-order valence-electron chi connectivity index (χ0n) is 10.1. The van der Waals surface area contributed by atoms with E-state index >= 15 is 0 Å². The summed E-state index contributed by atoms with van der Waals surface area (Å²) in [6, 6.07) is 7.47. The Morgan fingerprint density at radius 1 is 1.25 bits per heavy atom. The lowest BCUT2D eigenvalue weighted by Crippen LogP contribution is -2.14. The summed E-state index contributed by atoms with van der Waals surface area (Å²) in [6.45, 7) is 0. The van der Waals surface area contributed by atoms with Gasteiger partial charge in [-0.2, -0.15) is 0 Å². The number of aromatic carboxylic acids is 1. The SMILES string of the molecule is NC(=O)c1cccnc1Nc1ccc(Cl)c(C(=O)O)c1. The number of carbonyl (C=O) groups is 2. The number of carboxylic acids is 1. The lowest BCUT2D eigenvalue weighted by molar-refractivity contribution is 0.0697. The monoisotopic (exact) mass is 291 g/mol. The van der Waals surface area contributed by atoms with Crippen molar-refractivity contribution in [2.24, 2.45) is 5.73 Å². The molecule has 0 aliphatic carbocycles. The molecular weight excluding hydrogens is 282 g/mol. The molecular formula is C13H10ClN3O3. The number of pyridine rings is 1. The Labute approximate surface area is 119 Å². The van der Waals surface area contributed by atoms with Crippen molar-refractivity contribution in [3.05, 3.63) is 52.7 Å². The molecule has 0 fully saturated rings. The van der Waals surface area contributed by atoms with Gasteiger partial charge < -0.3 is 16.2 Å². The molecule has 6 nitrogen and oxygen atoms in total. The minimum absolute atomic E-state index is 0.0479. The number of hydrogen-bond acceptors (Lipinski definition) is 4. The Bertz CT molecular complexity index is 688. The van der Waals surface area contributed by atoms with E-state index < -0.39 is 11.9 Å². The molecule has 1 amide bonds. The number of anilines is 2. The van der Waals surface area contributed by atoms with Gasteiger partial charge in [0.2, 0.25) is 0 Å². The summed E-state index contributed by atoms with van der Waals surface area (Å²) in [4.78, 5) is 26.3. The molecule has 20 heavy (non-hydrogen) atoms. The van der Waals surface area contributed by atoms with Crippen LogP contribution < -0.4 is 11.1 Å². The number of aromatic nitrogens is 1. The van der Waals surface area contributed by atoms with E-state index in [9.17, 15) is 9.59 Å². The van der Waals surface area contributed by atoms with Gasteiger partial charge in [-0.1, -0.05) is 11.6 Å². The maximum atomic E-state index is 11.3. The molecule has 0 aliphatic rings. The highest BCUT2D eigenvalue weighted by Gasteiger charge is 2.12. The number of carboxylic acid groups (broad SMARTS) is 1. The van der Waals surface area contributed by atoms with Gasteiger partial charge in [-0.3, -0.25) is 4.79 Å². The van der Waals surface area contributed by atoms with Crippen LogP contribution in [-0.2, 0) is 0 Å². The van der Waals surface area contributed by atoms with E-state index in [4.69, 9.17) is 22.4 Å². The van der Waals surface area contributed by atoms with E-state index in [2.05, 4.69) is 10.3 Å². The average Bonchev–Trinajstić information content (AvgIpc) is 2.41. The molecule has 0 bridgehead atoms. The van der Waals surface area contributed by atoms with E-state index in [1.54, 1.807) is 12.1 Å². The third-order valence-electron chi connectivity index (χ3n) is 2.53. The van der Waals surface area contributed by atoms with Crippen molar-refractivity contribution in [2.75, 3.05) is 5.32 Å². The Hall–Kier alpha value is -2.60. The summed E-state index contributed by atoms with van der Waals surface area (Å²) in [7, 11) is 0. The molecule has 7 heteroatoms. The first-order chi connectivity index (χ1) is 9.49. The molecule has 0 aliphatic heterocycles. The van der Waals surface area contributed by atoms with Gasteiger partial charge in [0, 0.05) is 11.9 Å². The van der Waals surface area contributed by atoms with Gasteiger partial charge in [-0.25, -0.2) is 9.78 Å². The van der Waals surface area contributed by atoms with Gasteiger partial charge in [0.1, 0.15) is 5.82 Å². The van der Waals surface area contributed by atoms with Crippen molar-refractivity contribution in [3.8, 4) is 0 Å². The number of amides is 1. The van der Waals surface area contributed by atoms with Crippen molar-refractivity contribution in [1.82, 2.24) is 4.98 Å². The summed E-state index contributed by atoms with van der Waals surface area (Å²) in [5.41, 5.74) is 5.83. The van der Waals surface area contributed by atoms with Crippen LogP contribution in [0.1, 0.15) is 20.7 Å².